The van der Waals surface area contributed by atoms with Gasteiger partial charge in [0, 0.05) is 51.4 Å². The molecule has 3 nitrogen and oxygen atoms in total. The molecular formula is C15H29N3. The van der Waals surface area contributed by atoms with Gasteiger partial charge >= 0.3 is 0 Å². The van der Waals surface area contributed by atoms with E-state index in [1.54, 1.807) is 0 Å². The fourth-order valence-corrected chi connectivity index (χ4v) is 4.18. The van der Waals surface area contributed by atoms with E-state index >= 15 is 0 Å². The van der Waals surface area contributed by atoms with Crippen LogP contribution in [0, 0.1) is 5.92 Å². The summed E-state index contributed by atoms with van der Waals surface area (Å²) in [5.41, 5.74) is 0. The minimum absolute atomic E-state index is 0.851. The van der Waals surface area contributed by atoms with Gasteiger partial charge < -0.3 is 5.32 Å². The molecule has 1 N–H and O–H groups in total. The van der Waals surface area contributed by atoms with E-state index in [1.807, 2.05) is 0 Å². The Morgan fingerprint density at radius 3 is 2.50 bits per heavy atom. The number of nitrogens with zero attached hydrogens (tertiary/aromatic N) is 2. The van der Waals surface area contributed by atoms with Gasteiger partial charge in [0.15, 0.2) is 0 Å². The highest BCUT2D eigenvalue weighted by atomic mass is 15.3. The van der Waals surface area contributed by atoms with Crippen LogP contribution in [0.4, 0.5) is 0 Å². The van der Waals surface area contributed by atoms with Gasteiger partial charge in [-0.05, 0) is 25.2 Å². The summed E-state index contributed by atoms with van der Waals surface area (Å²) < 4.78 is 0. The molecule has 2 saturated heterocycles. The molecule has 3 aliphatic rings. The molecular weight excluding hydrogens is 222 g/mol. The molecule has 0 amide bonds. The summed E-state index contributed by atoms with van der Waals surface area (Å²) in [5, 5.41) is 3.46. The molecule has 3 fully saturated rings. The van der Waals surface area contributed by atoms with Crippen LogP contribution >= 0.6 is 0 Å². The average Bonchev–Trinajstić information content (AvgIpc) is 2.89. The lowest BCUT2D eigenvalue weighted by Gasteiger charge is -2.36. The van der Waals surface area contributed by atoms with Crippen molar-refractivity contribution in [2.75, 3.05) is 39.3 Å². The SMILES string of the molecule is CC1CCCC(N2CCC(N3CCNCC3)C2)C1. The van der Waals surface area contributed by atoms with Gasteiger partial charge in [0.05, 0.1) is 0 Å². The zero-order valence-corrected chi connectivity index (χ0v) is 11.9. The lowest BCUT2D eigenvalue weighted by atomic mass is 9.86. The van der Waals surface area contributed by atoms with Crippen molar-refractivity contribution in [3.8, 4) is 0 Å². The number of piperazine rings is 1. The third kappa shape index (κ3) is 2.89. The van der Waals surface area contributed by atoms with E-state index < -0.39 is 0 Å². The fraction of sp³-hybridized carbons (Fsp3) is 1.00. The van der Waals surface area contributed by atoms with Crippen molar-refractivity contribution >= 4 is 0 Å². The van der Waals surface area contributed by atoms with Gasteiger partial charge in [0.25, 0.3) is 0 Å². The Bertz CT molecular complexity index is 262. The van der Waals surface area contributed by atoms with Crippen LogP contribution in [-0.4, -0.2) is 61.2 Å². The maximum atomic E-state index is 3.46. The van der Waals surface area contributed by atoms with Gasteiger partial charge in [-0.25, -0.2) is 0 Å². The minimum atomic E-state index is 0.851. The van der Waals surface area contributed by atoms with E-state index in [2.05, 4.69) is 22.0 Å². The summed E-state index contributed by atoms with van der Waals surface area (Å²) >= 11 is 0. The highest BCUT2D eigenvalue weighted by molar-refractivity contribution is 4.90. The van der Waals surface area contributed by atoms with Gasteiger partial charge in [-0.2, -0.15) is 0 Å². The lowest BCUT2D eigenvalue weighted by Crippen LogP contribution is -2.49. The predicted molar refractivity (Wildman–Crippen MR) is 75.8 cm³/mol. The van der Waals surface area contributed by atoms with E-state index in [9.17, 15) is 0 Å². The molecule has 2 heterocycles. The third-order valence-corrected chi connectivity index (χ3v) is 5.29. The molecule has 18 heavy (non-hydrogen) atoms. The number of likely N-dealkylation sites (tertiary alicyclic amines) is 1. The van der Waals surface area contributed by atoms with Crippen LogP contribution in [0.25, 0.3) is 0 Å². The summed E-state index contributed by atoms with van der Waals surface area (Å²) in [6.07, 6.45) is 7.24. The smallest absolute Gasteiger partial charge is 0.0236 e. The van der Waals surface area contributed by atoms with Crippen molar-refractivity contribution in [3.05, 3.63) is 0 Å². The first-order valence-electron chi connectivity index (χ1n) is 8.02. The van der Waals surface area contributed by atoms with Crippen LogP contribution in [-0.2, 0) is 0 Å². The maximum absolute atomic E-state index is 3.46. The summed E-state index contributed by atoms with van der Waals surface area (Å²) in [6.45, 7) is 10.0. The second kappa shape index (κ2) is 5.89. The highest BCUT2D eigenvalue weighted by Crippen LogP contribution is 2.30. The molecule has 3 heteroatoms. The molecule has 0 spiro atoms. The molecule has 3 atom stereocenters. The number of hydrogen-bond acceptors (Lipinski definition) is 3. The van der Waals surface area contributed by atoms with Crippen LogP contribution in [0.3, 0.4) is 0 Å². The maximum Gasteiger partial charge on any atom is 0.0236 e. The lowest BCUT2D eigenvalue weighted by molar-refractivity contribution is 0.133. The van der Waals surface area contributed by atoms with Crippen molar-refractivity contribution in [2.45, 2.75) is 51.1 Å². The van der Waals surface area contributed by atoms with Gasteiger partial charge in [0.1, 0.15) is 0 Å². The average molecular weight is 251 g/mol. The molecule has 0 aromatic heterocycles. The first-order valence-corrected chi connectivity index (χ1v) is 8.02. The standard InChI is InChI=1S/C15H29N3/c1-13-3-2-4-14(11-13)18-8-5-15(12-18)17-9-6-16-7-10-17/h13-16H,2-12H2,1H3. The van der Waals surface area contributed by atoms with Crippen LogP contribution < -0.4 is 5.32 Å². The fourth-order valence-electron chi connectivity index (χ4n) is 4.18. The Hall–Kier alpha value is -0.120. The highest BCUT2D eigenvalue weighted by Gasteiger charge is 2.33. The third-order valence-electron chi connectivity index (χ3n) is 5.29. The molecule has 2 aliphatic heterocycles. The normalized spacial score (nSPS) is 40.2. The molecule has 1 aliphatic carbocycles. The molecule has 3 rings (SSSR count). The molecule has 3 unspecified atom stereocenters. The zero-order chi connectivity index (χ0) is 12.4. The van der Waals surface area contributed by atoms with E-state index in [0.717, 1.165) is 18.0 Å². The van der Waals surface area contributed by atoms with Crippen LogP contribution in [0.1, 0.15) is 39.0 Å². The summed E-state index contributed by atoms with van der Waals surface area (Å²) in [4.78, 5) is 5.53. The van der Waals surface area contributed by atoms with Gasteiger partial charge in [-0.1, -0.05) is 19.8 Å². The Labute approximate surface area is 112 Å². The monoisotopic (exact) mass is 251 g/mol. The first kappa shape index (κ1) is 12.9. The van der Waals surface area contributed by atoms with Crippen molar-refractivity contribution in [3.63, 3.8) is 0 Å². The Kier molecular flexibility index (Phi) is 4.22. The topological polar surface area (TPSA) is 18.5 Å². The number of hydrogen-bond donors (Lipinski definition) is 1. The van der Waals surface area contributed by atoms with Crippen molar-refractivity contribution in [2.24, 2.45) is 5.92 Å². The van der Waals surface area contributed by atoms with Gasteiger partial charge in [-0.15, -0.1) is 0 Å². The van der Waals surface area contributed by atoms with E-state index in [0.29, 0.717) is 0 Å². The quantitative estimate of drug-likeness (QED) is 0.803. The van der Waals surface area contributed by atoms with Crippen LogP contribution in [0.15, 0.2) is 0 Å². The van der Waals surface area contributed by atoms with Crippen molar-refractivity contribution in [1.29, 1.82) is 0 Å². The van der Waals surface area contributed by atoms with Crippen molar-refractivity contribution < 1.29 is 0 Å². The van der Waals surface area contributed by atoms with Crippen molar-refractivity contribution in [1.82, 2.24) is 15.1 Å². The second-order valence-corrected chi connectivity index (χ2v) is 6.65. The molecule has 0 bridgehead atoms. The first-order chi connectivity index (χ1) is 8.83. The largest absolute Gasteiger partial charge is 0.314 e. The summed E-state index contributed by atoms with van der Waals surface area (Å²) in [6, 6.07) is 1.76. The zero-order valence-electron chi connectivity index (χ0n) is 11.9. The Balaban J connectivity index is 1.51. The molecule has 0 aromatic rings. The van der Waals surface area contributed by atoms with E-state index in [-0.39, 0.29) is 0 Å². The second-order valence-electron chi connectivity index (χ2n) is 6.65. The molecule has 0 aromatic carbocycles. The van der Waals surface area contributed by atoms with Gasteiger partial charge in [0.2, 0.25) is 0 Å². The summed E-state index contributed by atoms with van der Waals surface area (Å²) in [7, 11) is 0. The van der Waals surface area contributed by atoms with E-state index in [4.69, 9.17) is 0 Å². The number of rotatable bonds is 2. The molecule has 104 valence electrons. The van der Waals surface area contributed by atoms with Crippen LogP contribution in [0.5, 0.6) is 0 Å². The van der Waals surface area contributed by atoms with Crippen LogP contribution in [0.2, 0.25) is 0 Å². The number of nitrogens with one attached hydrogen (secondary N) is 1. The Morgan fingerprint density at radius 1 is 0.889 bits per heavy atom. The van der Waals surface area contributed by atoms with E-state index in [1.165, 1.54) is 71.4 Å². The molecule has 1 saturated carbocycles. The predicted octanol–water partition coefficient (Wildman–Crippen LogP) is 1.54. The minimum Gasteiger partial charge on any atom is -0.314 e. The van der Waals surface area contributed by atoms with Gasteiger partial charge in [-0.3, -0.25) is 9.80 Å². The summed E-state index contributed by atoms with van der Waals surface area (Å²) in [5.74, 6) is 0.960. The Morgan fingerprint density at radius 2 is 1.72 bits per heavy atom. The molecule has 0 radical (unpaired) electrons.